The van der Waals surface area contributed by atoms with E-state index in [0.717, 1.165) is 22.4 Å². The van der Waals surface area contributed by atoms with Gasteiger partial charge in [0.15, 0.2) is 0 Å². The first kappa shape index (κ1) is 14.3. The standard InChI is InChI=1S/C16H16N2OS/c1-12-4-5-15(14(9-12)3-2-7-17)18-16(19)10-13-6-8-20-11-13/h4-6,8-9,11H,7,10,17H2,1H3,(H,18,19). The van der Waals surface area contributed by atoms with E-state index in [1.165, 1.54) is 0 Å². The number of rotatable bonds is 3. The summed E-state index contributed by atoms with van der Waals surface area (Å²) in [5.41, 5.74) is 9.05. The maximum atomic E-state index is 12.0. The number of nitrogens with one attached hydrogen (secondary N) is 1. The van der Waals surface area contributed by atoms with E-state index in [1.807, 2.05) is 41.9 Å². The number of benzene rings is 1. The van der Waals surface area contributed by atoms with Crippen LogP contribution in [0, 0.1) is 18.8 Å². The molecule has 0 spiro atoms. The Hall–Kier alpha value is -2.09. The van der Waals surface area contributed by atoms with Crippen molar-refractivity contribution in [1.29, 1.82) is 0 Å². The van der Waals surface area contributed by atoms with Crippen LogP contribution in [0.25, 0.3) is 0 Å². The monoisotopic (exact) mass is 284 g/mol. The highest BCUT2D eigenvalue weighted by molar-refractivity contribution is 7.08. The van der Waals surface area contributed by atoms with Crippen LogP contribution in [0.1, 0.15) is 16.7 Å². The SMILES string of the molecule is Cc1ccc(NC(=O)Cc2ccsc2)c(C#CCN)c1. The molecule has 0 bridgehead atoms. The fourth-order valence-electron chi connectivity index (χ4n) is 1.79. The largest absolute Gasteiger partial charge is 0.325 e. The molecule has 0 saturated carbocycles. The fraction of sp³-hybridized carbons (Fsp3) is 0.188. The zero-order valence-corrected chi connectivity index (χ0v) is 12.1. The van der Waals surface area contributed by atoms with Gasteiger partial charge in [-0.15, -0.1) is 0 Å². The van der Waals surface area contributed by atoms with Gasteiger partial charge >= 0.3 is 0 Å². The second kappa shape index (κ2) is 6.90. The minimum Gasteiger partial charge on any atom is -0.325 e. The first-order chi connectivity index (χ1) is 9.69. The van der Waals surface area contributed by atoms with Crippen molar-refractivity contribution in [1.82, 2.24) is 0 Å². The van der Waals surface area contributed by atoms with Crippen molar-refractivity contribution in [3.63, 3.8) is 0 Å². The van der Waals surface area contributed by atoms with Crippen molar-refractivity contribution in [2.24, 2.45) is 5.73 Å². The molecule has 0 aliphatic heterocycles. The molecule has 1 aromatic heterocycles. The molecular formula is C16H16N2OS. The molecule has 1 aromatic carbocycles. The van der Waals surface area contributed by atoms with Gasteiger partial charge < -0.3 is 11.1 Å². The van der Waals surface area contributed by atoms with Crippen molar-refractivity contribution in [3.05, 3.63) is 51.7 Å². The summed E-state index contributed by atoms with van der Waals surface area (Å²) in [6.45, 7) is 2.29. The third kappa shape index (κ3) is 3.95. The van der Waals surface area contributed by atoms with Gasteiger partial charge in [0.05, 0.1) is 18.7 Å². The Morgan fingerprint density at radius 1 is 1.40 bits per heavy atom. The van der Waals surface area contributed by atoms with Crippen LogP contribution in [0.4, 0.5) is 5.69 Å². The lowest BCUT2D eigenvalue weighted by atomic mass is 10.1. The van der Waals surface area contributed by atoms with E-state index in [2.05, 4.69) is 17.2 Å². The molecular weight excluding hydrogens is 268 g/mol. The molecule has 1 amide bonds. The number of hydrogen-bond donors (Lipinski definition) is 2. The van der Waals surface area contributed by atoms with Crippen LogP contribution in [0.2, 0.25) is 0 Å². The van der Waals surface area contributed by atoms with Gasteiger partial charge in [0.2, 0.25) is 5.91 Å². The summed E-state index contributed by atoms with van der Waals surface area (Å²) in [6, 6.07) is 7.73. The normalized spacial score (nSPS) is 9.70. The molecule has 0 fully saturated rings. The summed E-state index contributed by atoms with van der Waals surface area (Å²) in [4.78, 5) is 12.0. The van der Waals surface area contributed by atoms with Gasteiger partial charge in [-0.3, -0.25) is 4.79 Å². The number of anilines is 1. The molecule has 2 rings (SSSR count). The fourth-order valence-corrected chi connectivity index (χ4v) is 2.46. The number of hydrogen-bond acceptors (Lipinski definition) is 3. The van der Waals surface area contributed by atoms with Crippen LogP contribution in [-0.2, 0) is 11.2 Å². The Morgan fingerprint density at radius 2 is 2.25 bits per heavy atom. The summed E-state index contributed by atoms with van der Waals surface area (Å²) < 4.78 is 0. The molecule has 102 valence electrons. The average Bonchev–Trinajstić information content (AvgIpc) is 2.91. The summed E-state index contributed by atoms with van der Waals surface area (Å²) in [6.07, 6.45) is 0.376. The molecule has 0 radical (unpaired) electrons. The predicted molar refractivity (Wildman–Crippen MR) is 83.8 cm³/mol. The molecule has 3 N–H and O–H groups in total. The molecule has 2 aromatic rings. The molecule has 0 atom stereocenters. The molecule has 0 aliphatic carbocycles. The van der Waals surface area contributed by atoms with Crippen molar-refractivity contribution >= 4 is 22.9 Å². The topological polar surface area (TPSA) is 55.1 Å². The van der Waals surface area contributed by atoms with Gasteiger partial charge in [0.1, 0.15) is 0 Å². The van der Waals surface area contributed by atoms with E-state index >= 15 is 0 Å². The Labute approximate surface area is 122 Å². The maximum Gasteiger partial charge on any atom is 0.228 e. The maximum absolute atomic E-state index is 12.0. The number of amides is 1. The number of carbonyl (C=O) groups is 1. The summed E-state index contributed by atoms with van der Waals surface area (Å²) in [5, 5.41) is 6.85. The molecule has 0 aliphatic rings. The van der Waals surface area contributed by atoms with Gasteiger partial charge in [0.25, 0.3) is 0 Å². The smallest absolute Gasteiger partial charge is 0.228 e. The zero-order chi connectivity index (χ0) is 14.4. The predicted octanol–water partition coefficient (Wildman–Crippen LogP) is 2.55. The second-order valence-corrected chi connectivity index (χ2v) is 5.19. The Balaban J connectivity index is 2.14. The molecule has 1 heterocycles. The van der Waals surface area contributed by atoms with E-state index < -0.39 is 0 Å². The van der Waals surface area contributed by atoms with E-state index in [-0.39, 0.29) is 5.91 Å². The lowest BCUT2D eigenvalue weighted by Crippen LogP contribution is -2.15. The lowest BCUT2D eigenvalue weighted by Gasteiger charge is -2.08. The van der Waals surface area contributed by atoms with E-state index in [4.69, 9.17) is 5.73 Å². The molecule has 0 unspecified atom stereocenters. The van der Waals surface area contributed by atoms with Gasteiger partial charge in [-0.05, 0) is 47.0 Å². The van der Waals surface area contributed by atoms with Crippen LogP contribution >= 0.6 is 11.3 Å². The lowest BCUT2D eigenvalue weighted by molar-refractivity contribution is -0.115. The summed E-state index contributed by atoms with van der Waals surface area (Å²) in [7, 11) is 0. The van der Waals surface area contributed by atoms with E-state index in [1.54, 1.807) is 11.3 Å². The Kier molecular flexibility index (Phi) is 4.94. The quantitative estimate of drug-likeness (QED) is 0.851. The van der Waals surface area contributed by atoms with Crippen molar-refractivity contribution in [2.45, 2.75) is 13.3 Å². The van der Waals surface area contributed by atoms with Crippen LogP contribution in [0.3, 0.4) is 0 Å². The highest BCUT2D eigenvalue weighted by atomic mass is 32.1. The number of thiophene rings is 1. The number of nitrogens with two attached hydrogens (primary N) is 1. The third-order valence-corrected chi connectivity index (χ3v) is 3.45. The van der Waals surface area contributed by atoms with Crippen molar-refractivity contribution < 1.29 is 4.79 Å². The van der Waals surface area contributed by atoms with Crippen molar-refractivity contribution in [2.75, 3.05) is 11.9 Å². The third-order valence-electron chi connectivity index (χ3n) is 2.72. The minimum atomic E-state index is -0.0388. The van der Waals surface area contributed by atoms with E-state index in [0.29, 0.717) is 13.0 Å². The molecule has 3 nitrogen and oxygen atoms in total. The van der Waals surface area contributed by atoms with Crippen LogP contribution in [-0.4, -0.2) is 12.5 Å². The number of aryl methyl sites for hydroxylation is 1. The molecule has 4 heteroatoms. The summed E-state index contributed by atoms with van der Waals surface area (Å²) >= 11 is 1.59. The highest BCUT2D eigenvalue weighted by Gasteiger charge is 2.07. The van der Waals surface area contributed by atoms with Gasteiger partial charge in [0, 0.05) is 5.56 Å². The summed E-state index contributed by atoms with van der Waals surface area (Å²) in [5.74, 6) is 5.77. The van der Waals surface area contributed by atoms with Gasteiger partial charge in [-0.25, -0.2) is 0 Å². The van der Waals surface area contributed by atoms with Gasteiger partial charge in [-0.2, -0.15) is 11.3 Å². The van der Waals surface area contributed by atoms with Gasteiger partial charge in [-0.1, -0.05) is 17.9 Å². The van der Waals surface area contributed by atoms with Crippen LogP contribution in [0.5, 0.6) is 0 Å². The second-order valence-electron chi connectivity index (χ2n) is 4.41. The first-order valence-electron chi connectivity index (χ1n) is 6.29. The van der Waals surface area contributed by atoms with Crippen molar-refractivity contribution in [3.8, 4) is 11.8 Å². The zero-order valence-electron chi connectivity index (χ0n) is 11.3. The minimum absolute atomic E-state index is 0.0388. The average molecular weight is 284 g/mol. The van der Waals surface area contributed by atoms with E-state index in [9.17, 15) is 4.79 Å². The Morgan fingerprint density at radius 3 is 2.95 bits per heavy atom. The van der Waals surface area contributed by atoms with Crippen LogP contribution in [0.15, 0.2) is 35.0 Å². The van der Waals surface area contributed by atoms with Crippen LogP contribution < -0.4 is 11.1 Å². The molecule has 0 saturated heterocycles. The highest BCUT2D eigenvalue weighted by Crippen LogP contribution is 2.17. The first-order valence-corrected chi connectivity index (χ1v) is 7.24. The molecule has 20 heavy (non-hydrogen) atoms. The number of carbonyl (C=O) groups excluding carboxylic acids is 1. The Bertz CT molecular complexity index is 651.